The second-order valence-corrected chi connectivity index (χ2v) is 4.78. The molecule has 0 atom stereocenters. The Morgan fingerprint density at radius 3 is 2.42 bits per heavy atom. The van der Waals surface area contributed by atoms with Gasteiger partial charge in [-0.1, -0.05) is 56.5 Å². The van der Waals surface area contributed by atoms with E-state index in [0.717, 1.165) is 31.2 Å². The second kappa shape index (κ2) is 6.32. The molecule has 0 saturated heterocycles. The van der Waals surface area contributed by atoms with Crippen molar-refractivity contribution in [3.05, 3.63) is 42.0 Å². The van der Waals surface area contributed by atoms with E-state index in [4.69, 9.17) is 0 Å². The fourth-order valence-electron chi connectivity index (χ4n) is 2.24. The molecule has 3 nitrogen and oxygen atoms in total. The monoisotopic (exact) mass is 257 g/mol. The maximum atomic E-state index is 12.2. The third-order valence-corrected chi connectivity index (χ3v) is 3.33. The van der Waals surface area contributed by atoms with Crippen molar-refractivity contribution in [1.82, 2.24) is 4.90 Å². The van der Waals surface area contributed by atoms with Gasteiger partial charge in [0.05, 0.1) is 5.57 Å². The number of hydrogen-bond donors (Lipinski definition) is 0. The Morgan fingerprint density at radius 2 is 1.74 bits per heavy atom. The van der Waals surface area contributed by atoms with Crippen LogP contribution in [0.2, 0.25) is 0 Å². The van der Waals surface area contributed by atoms with E-state index >= 15 is 0 Å². The van der Waals surface area contributed by atoms with Crippen LogP contribution in [0.4, 0.5) is 0 Å². The molecule has 0 saturated carbocycles. The van der Waals surface area contributed by atoms with E-state index < -0.39 is 0 Å². The molecule has 3 heteroatoms. The molecule has 0 radical (unpaired) electrons. The summed E-state index contributed by atoms with van der Waals surface area (Å²) >= 11 is 0. The number of nitrogens with zero attached hydrogens (tertiary/aromatic N) is 1. The van der Waals surface area contributed by atoms with Gasteiger partial charge >= 0.3 is 0 Å². The van der Waals surface area contributed by atoms with Crippen molar-refractivity contribution >= 4 is 17.4 Å². The molecule has 0 bridgehead atoms. The van der Waals surface area contributed by atoms with Crippen molar-refractivity contribution in [2.45, 2.75) is 32.6 Å². The van der Waals surface area contributed by atoms with Crippen LogP contribution in [0, 0.1) is 0 Å². The number of imide groups is 1. The molecule has 1 aromatic carbocycles. The Morgan fingerprint density at radius 1 is 1.00 bits per heavy atom. The number of amides is 2. The summed E-state index contributed by atoms with van der Waals surface area (Å²) in [5.74, 6) is -0.340. The molecule has 0 spiro atoms. The molecular weight excluding hydrogens is 238 g/mol. The number of rotatable bonds is 6. The van der Waals surface area contributed by atoms with Crippen molar-refractivity contribution in [1.29, 1.82) is 0 Å². The summed E-state index contributed by atoms with van der Waals surface area (Å²) in [6.07, 6.45) is 5.71. The van der Waals surface area contributed by atoms with Gasteiger partial charge in [0, 0.05) is 12.6 Å². The predicted octanol–water partition coefficient (Wildman–Crippen LogP) is 3.02. The first-order chi connectivity index (χ1) is 9.24. The molecule has 0 fully saturated rings. The van der Waals surface area contributed by atoms with Gasteiger partial charge in [-0.05, 0) is 12.0 Å². The minimum atomic E-state index is -0.180. The molecule has 1 aliphatic heterocycles. The molecule has 2 rings (SSSR count). The molecule has 2 amide bonds. The van der Waals surface area contributed by atoms with E-state index in [0.29, 0.717) is 12.1 Å². The minimum absolute atomic E-state index is 0.160. The molecule has 1 aromatic rings. The van der Waals surface area contributed by atoms with Crippen LogP contribution < -0.4 is 0 Å². The third-order valence-electron chi connectivity index (χ3n) is 3.33. The molecule has 100 valence electrons. The first-order valence-corrected chi connectivity index (χ1v) is 6.87. The lowest BCUT2D eigenvalue weighted by molar-refractivity contribution is -0.136. The summed E-state index contributed by atoms with van der Waals surface area (Å²) in [6, 6.07) is 9.36. The van der Waals surface area contributed by atoms with Crippen molar-refractivity contribution in [2.24, 2.45) is 0 Å². The first-order valence-electron chi connectivity index (χ1n) is 6.87. The van der Waals surface area contributed by atoms with E-state index in [1.54, 1.807) is 0 Å². The van der Waals surface area contributed by atoms with Gasteiger partial charge in [0.2, 0.25) is 0 Å². The van der Waals surface area contributed by atoms with Gasteiger partial charge < -0.3 is 0 Å². The predicted molar refractivity (Wildman–Crippen MR) is 75.3 cm³/mol. The largest absolute Gasteiger partial charge is 0.275 e. The topological polar surface area (TPSA) is 37.4 Å². The normalized spacial score (nSPS) is 15.0. The molecule has 0 aliphatic carbocycles. The van der Waals surface area contributed by atoms with E-state index in [1.165, 1.54) is 11.0 Å². The maximum absolute atomic E-state index is 12.2. The van der Waals surface area contributed by atoms with Crippen LogP contribution in [0.5, 0.6) is 0 Å². The van der Waals surface area contributed by atoms with Gasteiger partial charge in [0.1, 0.15) is 0 Å². The van der Waals surface area contributed by atoms with Crippen molar-refractivity contribution in [3.63, 3.8) is 0 Å². The highest BCUT2D eigenvalue weighted by molar-refractivity contribution is 6.33. The lowest BCUT2D eigenvalue weighted by Crippen LogP contribution is -2.31. The zero-order valence-corrected chi connectivity index (χ0v) is 11.3. The van der Waals surface area contributed by atoms with Crippen molar-refractivity contribution in [2.75, 3.05) is 6.54 Å². The highest BCUT2D eigenvalue weighted by Gasteiger charge is 2.30. The lowest BCUT2D eigenvalue weighted by Gasteiger charge is -2.14. The number of hydrogen-bond acceptors (Lipinski definition) is 2. The molecule has 0 unspecified atom stereocenters. The van der Waals surface area contributed by atoms with Gasteiger partial charge in [0.15, 0.2) is 0 Å². The van der Waals surface area contributed by atoms with Crippen LogP contribution in [0.25, 0.3) is 5.57 Å². The second-order valence-electron chi connectivity index (χ2n) is 4.78. The van der Waals surface area contributed by atoms with Crippen molar-refractivity contribution in [3.8, 4) is 0 Å². The van der Waals surface area contributed by atoms with E-state index in [1.807, 2.05) is 30.3 Å². The number of carbonyl (C=O) groups is 2. The number of unbranched alkanes of at least 4 members (excludes halogenated alkanes) is 3. The quantitative estimate of drug-likeness (QED) is 0.580. The van der Waals surface area contributed by atoms with Crippen LogP contribution in [-0.4, -0.2) is 23.3 Å². The van der Waals surface area contributed by atoms with E-state index in [-0.39, 0.29) is 11.8 Å². The molecule has 0 aromatic heterocycles. The molecule has 19 heavy (non-hydrogen) atoms. The summed E-state index contributed by atoms with van der Waals surface area (Å²) in [6.45, 7) is 2.67. The first kappa shape index (κ1) is 13.5. The maximum Gasteiger partial charge on any atom is 0.261 e. The molecular formula is C16H19NO2. The van der Waals surface area contributed by atoms with Crippen LogP contribution in [0.1, 0.15) is 38.2 Å². The Balaban J connectivity index is 2.01. The molecule has 1 aliphatic rings. The SMILES string of the molecule is CCCCCCN1C(=O)C=C(c2ccccc2)C1=O. The summed E-state index contributed by atoms with van der Waals surface area (Å²) in [7, 11) is 0. The van der Waals surface area contributed by atoms with E-state index in [9.17, 15) is 9.59 Å². The third kappa shape index (κ3) is 3.11. The Kier molecular flexibility index (Phi) is 4.50. The average Bonchev–Trinajstić information content (AvgIpc) is 2.72. The van der Waals surface area contributed by atoms with Gasteiger partial charge in [0.25, 0.3) is 11.8 Å². The van der Waals surface area contributed by atoms with Gasteiger partial charge in [-0.25, -0.2) is 0 Å². The van der Waals surface area contributed by atoms with Gasteiger partial charge in [-0.2, -0.15) is 0 Å². The Labute approximate surface area is 113 Å². The smallest absolute Gasteiger partial charge is 0.261 e. The zero-order chi connectivity index (χ0) is 13.7. The van der Waals surface area contributed by atoms with Gasteiger partial charge in [-0.15, -0.1) is 0 Å². The van der Waals surface area contributed by atoms with Crippen LogP contribution >= 0.6 is 0 Å². The standard InChI is InChI=1S/C16H19NO2/c1-2-3-4-8-11-17-15(18)12-14(16(17)19)13-9-6-5-7-10-13/h5-7,9-10,12H,2-4,8,11H2,1H3. The summed E-state index contributed by atoms with van der Waals surface area (Å²) < 4.78 is 0. The Hall–Kier alpha value is -1.90. The summed E-state index contributed by atoms with van der Waals surface area (Å²) in [5.41, 5.74) is 1.33. The average molecular weight is 257 g/mol. The highest BCUT2D eigenvalue weighted by atomic mass is 16.2. The summed E-state index contributed by atoms with van der Waals surface area (Å²) in [5, 5.41) is 0. The fourth-order valence-corrected chi connectivity index (χ4v) is 2.24. The lowest BCUT2D eigenvalue weighted by atomic mass is 10.1. The molecule has 0 N–H and O–H groups in total. The van der Waals surface area contributed by atoms with Crippen molar-refractivity contribution < 1.29 is 9.59 Å². The van der Waals surface area contributed by atoms with E-state index in [2.05, 4.69) is 6.92 Å². The Bertz CT molecular complexity index is 491. The summed E-state index contributed by atoms with van der Waals surface area (Å²) in [4.78, 5) is 25.4. The van der Waals surface area contributed by atoms with Gasteiger partial charge in [-0.3, -0.25) is 14.5 Å². The van der Waals surface area contributed by atoms with Crippen LogP contribution in [0.3, 0.4) is 0 Å². The highest BCUT2D eigenvalue weighted by Crippen LogP contribution is 2.23. The van der Waals surface area contributed by atoms with Crippen LogP contribution in [0.15, 0.2) is 36.4 Å². The number of benzene rings is 1. The zero-order valence-electron chi connectivity index (χ0n) is 11.3. The fraction of sp³-hybridized carbons (Fsp3) is 0.375. The van der Waals surface area contributed by atoms with Crippen LogP contribution in [-0.2, 0) is 9.59 Å². The number of carbonyl (C=O) groups excluding carboxylic acids is 2. The molecule has 1 heterocycles. The minimum Gasteiger partial charge on any atom is -0.275 e.